The van der Waals surface area contributed by atoms with Crippen LogP contribution in [0, 0.1) is 0 Å². The Balaban J connectivity index is 0.00000400. The fourth-order valence-electron chi connectivity index (χ4n) is 8.92. The zero-order valence-corrected chi connectivity index (χ0v) is 31.9. The normalized spacial score (nSPS) is 19.0. The largest absolute Gasteiger partial charge is 2.00 e. The first-order chi connectivity index (χ1) is 25.7. The minimum Gasteiger partial charge on any atom is -0.657 e. The Hall–Kier alpha value is -4.52. The first-order valence-corrected chi connectivity index (χ1v) is 19.3. The molecule has 9 rings (SSSR count). The summed E-state index contributed by atoms with van der Waals surface area (Å²) in [5.41, 5.74) is 14.7. The Bertz CT molecular complexity index is 2160. The van der Waals surface area contributed by atoms with E-state index in [9.17, 15) is 0 Å². The van der Waals surface area contributed by atoms with Gasteiger partial charge in [-0.05, 0) is 121 Å². The van der Waals surface area contributed by atoms with E-state index < -0.39 is 0 Å². The van der Waals surface area contributed by atoms with E-state index in [1.165, 1.54) is 24.0 Å². The van der Waals surface area contributed by atoms with Crippen molar-refractivity contribution < 1.29 is 17.1 Å². The van der Waals surface area contributed by atoms with Crippen molar-refractivity contribution >= 4 is 46.4 Å². The average Bonchev–Trinajstić information content (AvgIpc) is 4.04. The van der Waals surface area contributed by atoms with Crippen LogP contribution in [0.4, 0.5) is 0 Å². The molecule has 2 aromatic carbocycles. The fraction of sp³-hybridized carbons (Fsp3) is 0.304. The van der Waals surface area contributed by atoms with Gasteiger partial charge in [0.05, 0.1) is 22.8 Å². The molecule has 7 heteroatoms. The van der Waals surface area contributed by atoms with Crippen molar-refractivity contribution in [3.63, 3.8) is 0 Å². The molecule has 2 saturated heterocycles. The van der Waals surface area contributed by atoms with Crippen LogP contribution in [0.1, 0.15) is 85.3 Å². The molecule has 0 amide bonds. The number of piperidine rings is 2. The molecule has 53 heavy (non-hydrogen) atoms. The number of aromatic nitrogens is 4. The van der Waals surface area contributed by atoms with Gasteiger partial charge >= 0.3 is 17.1 Å². The predicted octanol–water partition coefficient (Wildman–Crippen LogP) is 9.64. The van der Waals surface area contributed by atoms with E-state index in [4.69, 9.17) is 19.9 Å². The van der Waals surface area contributed by atoms with E-state index in [0.29, 0.717) is 11.8 Å². The third-order valence-corrected chi connectivity index (χ3v) is 11.5. The SMILES string of the molecule is CCN1CCCC(c2c3nc(c(-c4ccccc4)c4ccc([n-]4)c(-c4ccccc4)c4nc(c(C5CCCN(CC)C5)c5ccc2[n-]5)C=C4)C=C3)C1.[Mn+2]. The molecule has 0 saturated carbocycles. The number of likely N-dealkylation sites (tertiary alicyclic amines) is 2. The number of benzene rings is 2. The minimum atomic E-state index is 0. The van der Waals surface area contributed by atoms with Crippen molar-refractivity contribution in [3.8, 4) is 22.3 Å². The molecule has 4 aliphatic rings. The quantitative estimate of drug-likeness (QED) is 0.159. The van der Waals surface area contributed by atoms with Crippen LogP contribution in [0.5, 0.6) is 0 Å². The van der Waals surface area contributed by atoms with Gasteiger partial charge < -0.3 is 19.8 Å². The van der Waals surface area contributed by atoms with E-state index in [-0.39, 0.29) is 17.1 Å². The van der Waals surface area contributed by atoms with Crippen LogP contribution in [-0.2, 0) is 17.1 Å². The molecular formula is C46H46MnN6. The summed E-state index contributed by atoms with van der Waals surface area (Å²) < 4.78 is 0. The summed E-state index contributed by atoms with van der Waals surface area (Å²) in [5.74, 6) is 0.699. The van der Waals surface area contributed by atoms with E-state index in [1.807, 2.05) is 0 Å². The summed E-state index contributed by atoms with van der Waals surface area (Å²) in [5, 5.41) is 0. The maximum absolute atomic E-state index is 5.57. The van der Waals surface area contributed by atoms with Crippen LogP contribution in [0.25, 0.3) is 68.6 Å². The molecule has 267 valence electrons. The molecule has 0 aliphatic carbocycles. The minimum absolute atomic E-state index is 0. The summed E-state index contributed by atoms with van der Waals surface area (Å²) in [6.45, 7) is 11.0. The molecule has 7 heterocycles. The van der Waals surface area contributed by atoms with Gasteiger partial charge in [0.15, 0.2) is 0 Å². The fourth-order valence-corrected chi connectivity index (χ4v) is 8.92. The van der Waals surface area contributed by atoms with Gasteiger partial charge in [-0.3, -0.25) is 0 Å². The van der Waals surface area contributed by atoms with Crippen molar-refractivity contribution in [2.24, 2.45) is 0 Å². The van der Waals surface area contributed by atoms with E-state index >= 15 is 0 Å². The Labute approximate surface area is 323 Å². The van der Waals surface area contributed by atoms with E-state index in [0.717, 1.165) is 119 Å². The second-order valence-corrected chi connectivity index (χ2v) is 14.6. The van der Waals surface area contributed by atoms with Crippen molar-refractivity contribution in [1.82, 2.24) is 29.7 Å². The smallest absolute Gasteiger partial charge is 0.657 e. The monoisotopic (exact) mass is 737 g/mol. The molecule has 0 spiro atoms. The molecule has 4 aliphatic heterocycles. The third kappa shape index (κ3) is 6.88. The summed E-state index contributed by atoms with van der Waals surface area (Å²) in [4.78, 5) is 27.1. The molecule has 5 aromatic rings. The van der Waals surface area contributed by atoms with Crippen molar-refractivity contribution in [1.29, 1.82) is 0 Å². The second kappa shape index (κ2) is 15.5. The Morgan fingerprint density at radius 3 is 1.36 bits per heavy atom. The van der Waals surface area contributed by atoms with Gasteiger partial charge in [-0.15, -0.1) is 22.1 Å². The van der Waals surface area contributed by atoms with Crippen LogP contribution < -0.4 is 9.97 Å². The molecule has 8 bridgehead atoms. The number of likely N-dealkylation sites (N-methyl/N-ethyl adjacent to an activating group) is 2. The first kappa shape index (κ1) is 35.5. The molecule has 6 nitrogen and oxygen atoms in total. The summed E-state index contributed by atoms with van der Waals surface area (Å²) in [6.07, 6.45) is 13.5. The van der Waals surface area contributed by atoms with Crippen LogP contribution in [0.3, 0.4) is 0 Å². The Kier molecular flexibility index (Phi) is 10.4. The maximum atomic E-state index is 5.57. The molecule has 1 radical (unpaired) electrons. The second-order valence-electron chi connectivity index (χ2n) is 14.6. The van der Waals surface area contributed by atoms with Gasteiger partial charge in [0.1, 0.15) is 0 Å². The molecule has 2 fully saturated rings. The number of fused-ring (bicyclic) bond motifs is 8. The van der Waals surface area contributed by atoms with Gasteiger partial charge in [0, 0.05) is 13.1 Å². The maximum Gasteiger partial charge on any atom is 2.00 e. The van der Waals surface area contributed by atoms with Gasteiger partial charge in [-0.1, -0.05) is 98.8 Å². The Morgan fingerprint density at radius 2 is 0.925 bits per heavy atom. The first-order valence-electron chi connectivity index (χ1n) is 19.3. The number of hydrogen-bond acceptors (Lipinski definition) is 4. The van der Waals surface area contributed by atoms with E-state index in [2.05, 4.69) is 133 Å². The summed E-state index contributed by atoms with van der Waals surface area (Å²) in [7, 11) is 0. The molecular weight excluding hydrogens is 691 g/mol. The van der Waals surface area contributed by atoms with Gasteiger partial charge in [-0.2, -0.15) is 0 Å². The number of nitrogens with zero attached hydrogens (tertiary/aromatic N) is 6. The zero-order valence-electron chi connectivity index (χ0n) is 30.7. The number of rotatable bonds is 6. The zero-order chi connectivity index (χ0) is 35.0. The van der Waals surface area contributed by atoms with Crippen LogP contribution in [0.2, 0.25) is 0 Å². The molecule has 2 atom stereocenters. The van der Waals surface area contributed by atoms with Crippen molar-refractivity contribution in [2.45, 2.75) is 51.4 Å². The van der Waals surface area contributed by atoms with Gasteiger partial charge in [-0.25, -0.2) is 9.97 Å². The standard InChI is InChI=1S/C46H46N6.Mn/c1-3-51-27-11-17-33(29-51)45-39-23-21-37(48-39)43(31-13-7-5-8-14-31)35-19-20-36(47-35)44(32-15-9-6-10-16-32)38-22-24-40(49-38)46(42-26-25-41(45)50-42)34-18-12-28-52(4-2)30-34;/h5-10,13-16,19-26,33-34H,3-4,11-12,17-18,27-30H2,1-2H3;/q-2;+2. The van der Waals surface area contributed by atoms with Crippen LogP contribution in [0.15, 0.2) is 84.9 Å². The molecule has 2 unspecified atom stereocenters. The van der Waals surface area contributed by atoms with E-state index in [1.54, 1.807) is 0 Å². The van der Waals surface area contributed by atoms with Crippen LogP contribution in [-0.4, -0.2) is 59.0 Å². The van der Waals surface area contributed by atoms with Gasteiger partial charge in [0.25, 0.3) is 0 Å². The Morgan fingerprint density at radius 1 is 0.528 bits per heavy atom. The molecule has 0 N–H and O–H groups in total. The number of hydrogen-bond donors (Lipinski definition) is 0. The molecule has 3 aromatic heterocycles. The summed E-state index contributed by atoms with van der Waals surface area (Å²) >= 11 is 0. The van der Waals surface area contributed by atoms with Gasteiger partial charge in [0.2, 0.25) is 0 Å². The van der Waals surface area contributed by atoms with Crippen LogP contribution >= 0.6 is 0 Å². The summed E-state index contributed by atoms with van der Waals surface area (Å²) in [6, 6.07) is 30.0. The van der Waals surface area contributed by atoms with Crippen molar-refractivity contribution in [2.75, 3.05) is 39.3 Å². The average molecular weight is 738 g/mol. The predicted molar refractivity (Wildman–Crippen MR) is 216 cm³/mol. The topological polar surface area (TPSA) is 60.5 Å². The van der Waals surface area contributed by atoms with Crippen molar-refractivity contribution in [3.05, 3.63) is 119 Å². The third-order valence-electron chi connectivity index (χ3n) is 11.5.